The zero-order chi connectivity index (χ0) is 37.0. The molecule has 3 saturated heterocycles. The van der Waals surface area contributed by atoms with Gasteiger partial charge in [0.1, 0.15) is 18.1 Å². The number of aliphatic hydroxyl groups is 1. The van der Waals surface area contributed by atoms with Crippen LogP contribution in [0.5, 0.6) is 0 Å². The van der Waals surface area contributed by atoms with Crippen LogP contribution in [0.15, 0.2) is 0 Å². The summed E-state index contributed by atoms with van der Waals surface area (Å²) in [4.78, 5) is 49.4. The molecule has 1 unspecified atom stereocenters. The van der Waals surface area contributed by atoms with Crippen LogP contribution in [0.25, 0.3) is 0 Å². The first-order valence-electron chi connectivity index (χ1n) is 18.3. The van der Waals surface area contributed by atoms with Gasteiger partial charge in [-0.25, -0.2) is 0 Å². The van der Waals surface area contributed by atoms with E-state index in [0.717, 1.165) is 13.1 Å². The van der Waals surface area contributed by atoms with Gasteiger partial charge in [0, 0.05) is 63.6 Å². The number of carbonyl (C=O) groups excluding carboxylic acids is 3. The molecule has 0 spiro atoms. The van der Waals surface area contributed by atoms with Crippen molar-refractivity contribution in [2.45, 2.75) is 117 Å². The first kappa shape index (κ1) is 41.7. The third-order valence-electron chi connectivity index (χ3n) is 11.1. The highest BCUT2D eigenvalue weighted by atomic mass is 16.7. The van der Waals surface area contributed by atoms with Crippen molar-refractivity contribution in [2.24, 2.45) is 28.6 Å². The van der Waals surface area contributed by atoms with Crippen molar-refractivity contribution < 1.29 is 38.4 Å². The molecule has 12 heteroatoms. The molecule has 3 aliphatic rings. The van der Waals surface area contributed by atoms with E-state index in [1.165, 1.54) is 0 Å². The normalized spacial score (nSPS) is 34.6. The minimum absolute atomic E-state index is 0.120. The van der Waals surface area contributed by atoms with Gasteiger partial charge in [0.2, 0.25) is 5.91 Å². The van der Waals surface area contributed by atoms with E-state index in [2.05, 4.69) is 44.5 Å². The number of aliphatic hydroxyl groups excluding tert-OH is 1. The van der Waals surface area contributed by atoms with Crippen LogP contribution in [0.2, 0.25) is 0 Å². The quantitative estimate of drug-likeness (QED) is 0.268. The summed E-state index contributed by atoms with van der Waals surface area (Å²) in [6.45, 7) is 19.2. The van der Waals surface area contributed by atoms with Gasteiger partial charge < -0.3 is 38.8 Å². The topological polar surface area (TPSA) is 121 Å². The number of methoxy groups -OCH3 is 1. The number of Topliss-reactive ketones (excluding diaryl/α,β-unsaturated/α-hetero) is 1. The van der Waals surface area contributed by atoms with Gasteiger partial charge in [-0.05, 0) is 79.7 Å². The number of rotatable bonds is 10. The lowest BCUT2D eigenvalue weighted by molar-refractivity contribution is -0.284. The van der Waals surface area contributed by atoms with Gasteiger partial charge in [-0.3, -0.25) is 19.3 Å². The van der Waals surface area contributed by atoms with Crippen molar-refractivity contribution in [3.63, 3.8) is 0 Å². The predicted octanol–water partition coefficient (Wildman–Crippen LogP) is 2.75. The molecule has 0 aromatic heterocycles. The molecule has 49 heavy (non-hydrogen) atoms. The van der Waals surface area contributed by atoms with Crippen LogP contribution in [0, 0.1) is 28.6 Å². The molecule has 3 aliphatic heterocycles. The Morgan fingerprint density at radius 3 is 2.29 bits per heavy atom. The molecule has 3 rings (SSSR count). The minimum Gasteiger partial charge on any atom is -0.463 e. The van der Waals surface area contributed by atoms with Crippen molar-refractivity contribution in [1.82, 2.24) is 19.6 Å². The summed E-state index contributed by atoms with van der Waals surface area (Å²) in [5.41, 5.74) is -1.59. The maximum atomic E-state index is 14.2. The summed E-state index contributed by atoms with van der Waals surface area (Å²) < 4.78 is 24.7. The number of ether oxygens (including phenoxy) is 4. The first-order chi connectivity index (χ1) is 22.7. The lowest BCUT2D eigenvalue weighted by atomic mass is 9.78. The summed E-state index contributed by atoms with van der Waals surface area (Å²) in [6, 6.07) is -0.305. The van der Waals surface area contributed by atoms with E-state index in [1.54, 1.807) is 27.9 Å². The number of hydrogen-bond donors (Lipinski definition) is 1. The van der Waals surface area contributed by atoms with E-state index >= 15 is 0 Å². The molecule has 0 saturated carbocycles. The molecule has 0 aliphatic carbocycles. The average Bonchev–Trinajstić information content (AvgIpc) is 2.98. The predicted molar refractivity (Wildman–Crippen MR) is 189 cm³/mol. The van der Waals surface area contributed by atoms with Crippen molar-refractivity contribution in [3.8, 4) is 0 Å². The summed E-state index contributed by atoms with van der Waals surface area (Å²) >= 11 is 0. The Morgan fingerprint density at radius 1 is 1.08 bits per heavy atom. The molecule has 9 atom stereocenters. The standard InChI is InChI=1S/C37H68N4O8/c1-14-39(11)22-36(5,6)17-30(42)41-19-26(20-41)28-21-47-35(45)37(7,8)33(44)25(4)32(29(46-13)15-23(2)18-40(28)12)49-34-31(43)27(38(9)10)16-24(3)48-34/h23-29,31-32,34,43H,14-22H2,1-13H3/t23-,24-,25-,27+,28+,29?,31-,32-,34+/m1/s1. The third-order valence-corrected chi connectivity index (χ3v) is 11.1. The van der Waals surface area contributed by atoms with Gasteiger partial charge in [0.05, 0.1) is 18.3 Å². The molecule has 0 radical (unpaired) electrons. The molecule has 12 nitrogen and oxygen atoms in total. The molecule has 1 N–H and O–H groups in total. The number of likely N-dealkylation sites (N-methyl/N-ethyl adjacent to an activating group) is 2. The highest BCUT2D eigenvalue weighted by Gasteiger charge is 2.49. The van der Waals surface area contributed by atoms with Gasteiger partial charge in [-0.2, -0.15) is 0 Å². The van der Waals surface area contributed by atoms with E-state index in [4.69, 9.17) is 18.9 Å². The molecule has 3 heterocycles. The Balaban J connectivity index is 1.82. The van der Waals surface area contributed by atoms with Crippen LogP contribution in [0.4, 0.5) is 0 Å². The molecule has 0 aromatic carbocycles. The number of carbonyl (C=O) groups is 3. The largest absolute Gasteiger partial charge is 0.463 e. The first-order valence-corrected chi connectivity index (χ1v) is 18.3. The van der Waals surface area contributed by atoms with Crippen molar-refractivity contribution in [2.75, 3.05) is 74.6 Å². The Morgan fingerprint density at radius 2 is 1.71 bits per heavy atom. The molecule has 0 bridgehead atoms. The zero-order valence-corrected chi connectivity index (χ0v) is 32.7. The number of hydrogen-bond acceptors (Lipinski definition) is 11. The van der Waals surface area contributed by atoms with Crippen molar-refractivity contribution in [1.29, 1.82) is 0 Å². The molecule has 1 amide bonds. The highest BCUT2D eigenvalue weighted by Crippen LogP contribution is 2.35. The number of nitrogens with zero attached hydrogens (tertiary/aromatic N) is 4. The van der Waals surface area contributed by atoms with Gasteiger partial charge >= 0.3 is 5.97 Å². The Hall–Kier alpha value is -1.67. The highest BCUT2D eigenvalue weighted by molar-refractivity contribution is 6.04. The molecule has 0 aromatic rings. The molecular formula is C37H68N4O8. The molecule has 3 fully saturated rings. The second kappa shape index (κ2) is 17.2. The lowest BCUT2D eigenvalue weighted by Crippen LogP contribution is -2.60. The van der Waals surface area contributed by atoms with Crippen LogP contribution < -0.4 is 0 Å². The number of esters is 1. The Labute approximate surface area is 296 Å². The fraction of sp³-hybridized carbons (Fsp3) is 0.919. The fourth-order valence-corrected chi connectivity index (χ4v) is 7.96. The average molecular weight is 697 g/mol. The van der Waals surface area contributed by atoms with E-state index < -0.39 is 41.9 Å². The van der Waals surface area contributed by atoms with Gasteiger partial charge in [0.15, 0.2) is 12.1 Å². The summed E-state index contributed by atoms with van der Waals surface area (Å²) in [7, 11) is 9.55. The summed E-state index contributed by atoms with van der Waals surface area (Å²) in [6.07, 6.45) is -1.65. The minimum atomic E-state index is -1.45. The van der Waals surface area contributed by atoms with Crippen LogP contribution in [-0.2, 0) is 33.3 Å². The zero-order valence-electron chi connectivity index (χ0n) is 32.7. The number of ketones is 1. The van der Waals surface area contributed by atoms with Gasteiger partial charge in [-0.15, -0.1) is 0 Å². The van der Waals surface area contributed by atoms with Gasteiger partial charge in [0.25, 0.3) is 0 Å². The second-order valence-corrected chi connectivity index (χ2v) is 16.9. The van der Waals surface area contributed by atoms with E-state index in [-0.39, 0.29) is 53.7 Å². The monoisotopic (exact) mass is 697 g/mol. The summed E-state index contributed by atoms with van der Waals surface area (Å²) in [5.74, 6) is -1.27. The number of likely N-dealkylation sites (tertiary alicyclic amines) is 1. The lowest BCUT2D eigenvalue weighted by Gasteiger charge is -2.47. The SMILES string of the molecule is CCN(C)CC(C)(C)CC(=O)N1CC([C@@H]2COC(=O)C(C)(C)C(=O)[C@H](C)[C@@H](O[C@@H]3O[C@H](C)C[C@H](N(C)C)[C@H]3O)C(OC)C[C@@H](C)CN2C)C1. The van der Waals surface area contributed by atoms with Crippen LogP contribution >= 0.6 is 0 Å². The van der Waals surface area contributed by atoms with Crippen LogP contribution in [0.1, 0.15) is 74.7 Å². The van der Waals surface area contributed by atoms with E-state index in [9.17, 15) is 19.5 Å². The number of cyclic esters (lactones) is 1. The van der Waals surface area contributed by atoms with E-state index in [0.29, 0.717) is 38.9 Å². The molecule has 284 valence electrons. The molecular weight excluding hydrogens is 628 g/mol. The maximum Gasteiger partial charge on any atom is 0.319 e. The van der Waals surface area contributed by atoms with E-state index in [1.807, 2.05) is 37.9 Å². The van der Waals surface area contributed by atoms with Crippen LogP contribution in [-0.4, -0.2) is 160 Å². The van der Waals surface area contributed by atoms with Gasteiger partial charge in [-0.1, -0.05) is 34.6 Å². The van der Waals surface area contributed by atoms with Crippen molar-refractivity contribution >= 4 is 17.7 Å². The second-order valence-electron chi connectivity index (χ2n) is 16.9. The Kier molecular flexibility index (Phi) is 14.7. The fourth-order valence-electron chi connectivity index (χ4n) is 7.96. The third kappa shape index (κ3) is 10.5. The number of amides is 1. The maximum absolute atomic E-state index is 14.2. The van der Waals surface area contributed by atoms with Crippen LogP contribution in [0.3, 0.4) is 0 Å². The summed E-state index contributed by atoms with van der Waals surface area (Å²) in [5, 5.41) is 11.3. The smallest absolute Gasteiger partial charge is 0.319 e. The Bertz CT molecular complexity index is 1110. The van der Waals surface area contributed by atoms with Crippen molar-refractivity contribution in [3.05, 3.63) is 0 Å².